The number of carbonyl (C=O) groups is 1. The van der Waals surface area contributed by atoms with Gasteiger partial charge < -0.3 is 5.32 Å². The van der Waals surface area contributed by atoms with Gasteiger partial charge in [-0.15, -0.1) is 0 Å². The van der Waals surface area contributed by atoms with Crippen LogP contribution in [0.2, 0.25) is 10.2 Å². The Bertz CT molecular complexity index is 694. The van der Waals surface area contributed by atoms with Crippen molar-refractivity contribution in [1.29, 1.82) is 0 Å². The largest absolute Gasteiger partial charge is 0.322 e. The van der Waals surface area contributed by atoms with Gasteiger partial charge in [0.2, 0.25) is 0 Å². The van der Waals surface area contributed by atoms with Gasteiger partial charge in [0.25, 0.3) is 5.91 Å². The molecule has 7 heteroatoms. The minimum Gasteiger partial charge on any atom is -0.322 e. The summed E-state index contributed by atoms with van der Waals surface area (Å²) in [5.74, 6) is -0.797. The van der Waals surface area contributed by atoms with Crippen molar-refractivity contribution in [2.75, 3.05) is 5.32 Å². The Balaban J connectivity index is 2.27. The van der Waals surface area contributed by atoms with Gasteiger partial charge in [0.05, 0.1) is 15.1 Å². The number of hydrogen-bond donors (Lipinski definition) is 1. The van der Waals surface area contributed by atoms with E-state index in [1.54, 1.807) is 6.92 Å². The Kier molecular flexibility index (Phi) is 4.62. The fraction of sp³-hybridized carbons (Fsp3) is 0.0769. The molecule has 104 valence electrons. The number of hydrogen-bond acceptors (Lipinski definition) is 2. The summed E-state index contributed by atoms with van der Waals surface area (Å²) in [7, 11) is 0. The van der Waals surface area contributed by atoms with Crippen LogP contribution >= 0.6 is 39.1 Å². The third-order valence-electron chi connectivity index (χ3n) is 2.57. The van der Waals surface area contributed by atoms with Crippen molar-refractivity contribution < 1.29 is 9.18 Å². The summed E-state index contributed by atoms with van der Waals surface area (Å²) in [5, 5.41) is 2.98. The lowest BCUT2D eigenvalue weighted by atomic mass is 10.2. The van der Waals surface area contributed by atoms with E-state index in [0.717, 1.165) is 0 Å². The Morgan fingerprint density at radius 1 is 1.35 bits per heavy atom. The van der Waals surface area contributed by atoms with Gasteiger partial charge in [-0.1, -0.05) is 23.2 Å². The minimum atomic E-state index is -0.405. The van der Waals surface area contributed by atoms with Crippen LogP contribution in [-0.4, -0.2) is 10.9 Å². The topological polar surface area (TPSA) is 42.0 Å². The van der Waals surface area contributed by atoms with E-state index >= 15 is 0 Å². The Morgan fingerprint density at radius 3 is 2.70 bits per heavy atom. The fourth-order valence-corrected chi connectivity index (χ4v) is 2.13. The van der Waals surface area contributed by atoms with Crippen molar-refractivity contribution in [1.82, 2.24) is 4.98 Å². The number of rotatable bonds is 2. The summed E-state index contributed by atoms with van der Waals surface area (Å²) in [6, 6.07) is 4.24. The maximum atomic E-state index is 13.3. The highest BCUT2D eigenvalue weighted by molar-refractivity contribution is 9.10. The van der Waals surface area contributed by atoms with Crippen LogP contribution in [0.1, 0.15) is 15.9 Å². The van der Waals surface area contributed by atoms with Gasteiger partial charge in [-0.25, -0.2) is 9.37 Å². The molecule has 2 aromatic rings. The minimum absolute atomic E-state index is 0.129. The van der Waals surface area contributed by atoms with Crippen molar-refractivity contribution in [2.24, 2.45) is 0 Å². The quantitative estimate of drug-likeness (QED) is 0.760. The molecule has 1 amide bonds. The summed E-state index contributed by atoms with van der Waals surface area (Å²) in [6.45, 7) is 1.69. The molecule has 0 spiro atoms. The molecule has 1 N–H and O–H groups in total. The normalized spacial score (nSPS) is 10.4. The molecule has 0 aliphatic carbocycles. The van der Waals surface area contributed by atoms with Crippen LogP contribution in [0.3, 0.4) is 0 Å². The molecule has 0 unspecified atom stereocenters. The molecule has 0 bridgehead atoms. The zero-order valence-electron chi connectivity index (χ0n) is 10.2. The van der Waals surface area contributed by atoms with E-state index in [4.69, 9.17) is 23.2 Å². The molecule has 20 heavy (non-hydrogen) atoms. The predicted octanol–water partition coefficient (Wildman–Crippen LogP) is 4.85. The molecule has 0 aliphatic heterocycles. The number of halogens is 4. The number of aromatic nitrogens is 1. The molecule has 1 aromatic carbocycles. The number of anilines is 1. The molecule has 2 rings (SSSR count). The SMILES string of the molecule is Cc1cc(F)c(Br)cc1NC(=O)c1cnc(Cl)c(Cl)c1. The van der Waals surface area contributed by atoms with Crippen LogP contribution in [0.25, 0.3) is 0 Å². The standard InChI is InChI=1S/C13H8BrCl2FN2O/c1-6-2-10(17)8(14)4-11(6)19-13(20)7-3-9(15)12(16)18-5-7/h2-5H,1H3,(H,19,20). The molecule has 0 saturated heterocycles. The second kappa shape index (κ2) is 6.08. The highest BCUT2D eigenvalue weighted by atomic mass is 79.9. The number of amides is 1. The Labute approximate surface area is 133 Å². The van der Waals surface area contributed by atoms with E-state index in [9.17, 15) is 9.18 Å². The molecule has 3 nitrogen and oxygen atoms in total. The number of nitrogens with zero attached hydrogens (tertiary/aromatic N) is 1. The third-order valence-corrected chi connectivity index (χ3v) is 3.87. The van der Waals surface area contributed by atoms with Crippen LogP contribution < -0.4 is 5.32 Å². The zero-order valence-corrected chi connectivity index (χ0v) is 13.3. The summed E-state index contributed by atoms with van der Waals surface area (Å²) < 4.78 is 13.6. The van der Waals surface area contributed by atoms with Crippen LogP contribution in [-0.2, 0) is 0 Å². The van der Waals surface area contributed by atoms with Crippen molar-refractivity contribution in [3.8, 4) is 0 Å². The highest BCUT2D eigenvalue weighted by Crippen LogP contribution is 2.25. The number of pyridine rings is 1. The summed E-state index contributed by atoms with van der Waals surface area (Å²) >= 11 is 14.6. The zero-order chi connectivity index (χ0) is 14.9. The molecule has 0 aliphatic rings. The third kappa shape index (κ3) is 3.29. The highest BCUT2D eigenvalue weighted by Gasteiger charge is 2.12. The van der Waals surface area contributed by atoms with E-state index in [1.165, 1.54) is 24.4 Å². The maximum absolute atomic E-state index is 13.3. The van der Waals surface area contributed by atoms with Crippen LogP contribution in [0.15, 0.2) is 28.9 Å². The van der Waals surface area contributed by atoms with Crippen LogP contribution in [0.5, 0.6) is 0 Å². The van der Waals surface area contributed by atoms with E-state index in [0.29, 0.717) is 11.3 Å². The van der Waals surface area contributed by atoms with Crippen molar-refractivity contribution in [2.45, 2.75) is 6.92 Å². The number of benzene rings is 1. The van der Waals surface area contributed by atoms with Gasteiger partial charge in [-0.3, -0.25) is 4.79 Å². The first-order chi connectivity index (χ1) is 9.38. The predicted molar refractivity (Wildman–Crippen MR) is 81.0 cm³/mol. The first-order valence-electron chi connectivity index (χ1n) is 5.46. The van der Waals surface area contributed by atoms with Gasteiger partial charge in [0.15, 0.2) is 0 Å². The summed E-state index contributed by atoms with van der Waals surface area (Å²) in [4.78, 5) is 15.9. The summed E-state index contributed by atoms with van der Waals surface area (Å²) in [5.41, 5.74) is 1.36. The van der Waals surface area contributed by atoms with Crippen molar-refractivity contribution in [3.63, 3.8) is 0 Å². The molecular weight excluding hydrogens is 370 g/mol. The lowest BCUT2D eigenvalue weighted by Crippen LogP contribution is -2.13. The first kappa shape index (κ1) is 15.2. The number of aryl methyl sites for hydroxylation is 1. The van der Waals surface area contributed by atoms with Gasteiger partial charge in [0, 0.05) is 11.9 Å². The van der Waals surface area contributed by atoms with Crippen molar-refractivity contribution in [3.05, 3.63) is 56.0 Å². The Hall–Kier alpha value is -1.17. The van der Waals surface area contributed by atoms with E-state index in [2.05, 4.69) is 26.2 Å². The smallest absolute Gasteiger partial charge is 0.257 e. The van der Waals surface area contributed by atoms with E-state index < -0.39 is 11.7 Å². The second-order valence-electron chi connectivity index (χ2n) is 4.03. The van der Waals surface area contributed by atoms with Crippen LogP contribution in [0.4, 0.5) is 10.1 Å². The van der Waals surface area contributed by atoms with Crippen LogP contribution in [0, 0.1) is 12.7 Å². The molecule has 0 saturated carbocycles. The number of carbonyl (C=O) groups excluding carboxylic acids is 1. The molecule has 1 heterocycles. The van der Waals surface area contributed by atoms with Gasteiger partial charge in [-0.2, -0.15) is 0 Å². The molecule has 0 atom stereocenters. The van der Waals surface area contributed by atoms with Crippen molar-refractivity contribution >= 4 is 50.7 Å². The van der Waals surface area contributed by atoms with Gasteiger partial charge in [-0.05, 0) is 46.6 Å². The molecule has 0 radical (unpaired) electrons. The first-order valence-corrected chi connectivity index (χ1v) is 7.01. The monoisotopic (exact) mass is 376 g/mol. The lowest BCUT2D eigenvalue weighted by Gasteiger charge is -2.10. The Morgan fingerprint density at radius 2 is 2.05 bits per heavy atom. The lowest BCUT2D eigenvalue weighted by molar-refractivity contribution is 0.102. The molecule has 1 aromatic heterocycles. The average Bonchev–Trinajstić information content (AvgIpc) is 2.39. The van der Waals surface area contributed by atoms with Gasteiger partial charge >= 0.3 is 0 Å². The van der Waals surface area contributed by atoms with E-state index in [-0.39, 0.29) is 20.2 Å². The number of nitrogens with one attached hydrogen (secondary N) is 1. The van der Waals surface area contributed by atoms with Gasteiger partial charge in [0.1, 0.15) is 11.0 Å². The second-order valence-corrected chi connectivity index (χ2v) is 5.65. The fourth-order valence-electron chi connectivity index (χ4n) is 1.52. The van der Waals surface area contributed by atoms with E-state index in [1.807, 2.05) is 0 Å². The molecular formula is C13H8BrCl2FN2O. The molecule has 0 fully saturated rings. The maximum Gasteiger partial charge on any atom is 0.257 e. The average molecular weight is 378 g/mol. The summed E-state index contributed by atoms with van der Waals surface area (Å²) in [6.07, 6.45) is 1.32.